The summed E-state index contributed by atoms with van der Waals surface area (Å²) in [5, 5.41) is 0. The van der Waals surface area contributed by atoms with Crippen LogP contribution in [0.1, 0.15) is 63.9 Å². The van der Waals surface area contributed by atoms with Crippen LogP contribution in [0.3, 0.4) is 0 Å². The number of hydrogen-bond acceptors (Lipinski definition) is 0. The van der Waals surface area contributed by atoms with Crippen molar-refractivity contribution in [2.45, 2.75) is 77.8 Å². The van der Waals surface area contributed by atoms with E-state index in [2.05, 4.69) is 89.1 Å². The highest BCUT2D eigenvalue weighted by molar-refractivity contribution is 5.52. The second kappa shape index (κ2) is 12.3. The second-order valence-corrected chi connectivity index (χ2v) is 8.09. The Morgan fingerprint density at radius 2 is 1.38 bits per heavy atom. The Kier molecular flexibility index (Phi) is 9.03. The molecule has 0 unspecified atom stereocenters. The number of unbranched alkanes of at least 4 members (excludes halogenated alkanes) is 6. The van der Waals surface area contributed by atoms with E-state index in [1.54, 1.807) is 0 Å². The molecule has 29 heavy (non-hydrogen) atoms. The highest BCUT2D eigenvalue weighted by Gasteiger charge is 2.18. The first-order valence-electron chi connectivity index (χ1n) is 11.6. The van der Waals surface area contributed by atoms with Gasteiger partial charge in [0.05, 0.1) is 18.7 Å². The van der Waals surface area contributed by atoms with Crippen LogP contribution in [0.2, 0.25) is 0 Å². The minimum atomic E-state index is 1.06. The summed E-state index contributed by atoms with van der Waals surface area (Å²) in [5.74, 6) is 1.35. The van der Waals surface area contributed by atoms with E-state index in [1.807, 2.05) is 0 Å². The van der Waals surface area contributed by atoms with Gasteiger partial charge in [-0.3, -0.25) is 0 Å². The van der Waals surface area contributed by atoms with E-state index in [9.17, 15) is 0 Å². The molecule has 1 heterocycles. The first-order valence-corrected chi connectivity index (χ1v) is 11.6. The molecular formula is C27H37N2+. The van der Waals surface area contributed by atoms with Gasteiger partial charge in [0.15, 0.2) is 0 Å². The van der Waals surface area contributed by atoms with E-state index >= 15 is 0 Å². The Morgan fingerprint density at radius 1 is 0.724 bits per heavy atom. The topological polar surface area (TPSA) is 8.81 Å². The highest BCUT2D eigenvalue weighted by Crippen LogP contribution is 2.17. The van der Waals surface area contributed by atoms with Crippen LogP contribution in [-0.2, 0) is 19.5 Å². The number of hydrogen-bond donors (Lipinski definition) is 0. The van der Waals surface area contributed by atoms with Crippen molar-refractivity contribution in [1.29, 1.82) is 0 Å². The Balaban J connectivity index is 1.59. The van der Waals surface area contributed by atoms with E-state index < -0.39 is 0 Å². The summed E-state index contributed by atoms with van der Waals surface area (Å²) in [5.41, 5.74) is 2.75. The van der Waals surface area contributed by atoms with Gasteiger partial charge in [-0.15, -0.1) is 0 Å². The third-order valence-corrected chi connectivity index (χ3v) is 5.71. The number of rotatable bonds is 13. The molecule has 0 fully saturated rings. The molecule has 0 bridgehead atoms. The van der Waals surface area contributed by atoms with Crippen LogP contribution in [0.15, 0.2) is 73.1 Å². The van der Waals surface area contributed by atoms with Crippen molar-refractivity contribution >= 4 is 0 Å². The van der Waals surface area contributed by atoms with Crippen molar-refractivity contribution in [3.63, 3.8) is 0 Å². The first kappa shape index (κ1) is 21.4. The van der Waals surface area contributed by atoms with Gasteiger partial charge in [-0.2, -0.15) is 0 Å². The number of imidazole rings is 1. The molecule has 2 nitrogen and oxygen atoms in total. The molecule has 0 amide bonds. The quantitative estimate of drug-likeness (QED) is 0.224. The third kappa shape index (κ3) is 6.88. The fourth-order valence-electron chi connectivity index (χ4n) is 4.08. The van der Waals surface area contributed by atoms with Crippen LogP contribution in [-0.4, -0.2) is 4.57 Å². The van der Waals surface area contributed by atoms with Gasteiger partial charge in [-0.1, -0.05) is 87.6 Å². The van der Waals surface area contributed by atoms with Gasteiger partial charge in [0.25, 0.3) is 5.82 Å². The molecule has 0 aliphatic heterocycles. The predicted molar refractivity (Wildman–Crippen MR) is 123 cm³/mol. The summed E-state index contributed by atoms with van der Waals surface area (Å²) in [4.78, 5) is 0. The lowest BCUT2D eigenvalue weighted by Gasteiger charge is -2.06. The lowest BCUT2D eigenvalue weighted by molar-refractivity contribution is -0.685. The monoisotopic (exact) mass is 389 g/mol. The summed E-state index contributed by atoms with van der Waals surface area (Å²) in [6.07, 6.45) is 16.3. The molecule has 2 heteroatoms. The lowest BCUT2D eigenvalue weighted by atomic mass is 10.1. The molecule has 2 aromatic carbocycles. The smallest absolute Gasteiger partial charge is 0.230 e. The molecule has 0 aliphatic rings. The molecule has 154 valence electrons. The number of nitrogens with zero attached hydrogens (tertiary/aromatic N) is 2. The second-order valence-electron chi connectivity index (χ2n) is 8.09. The van der Waals surface area contributed by atoms with E-state index in [4.69, 9.17) is 0 Å². The maximum absolute atomic E-state index is 2.46. The standard InChI is InChI=1S/C27H37N2/c1-2-3-4-5-6-7-14-21-28-23-24-29(27(28)26-19-12-9-13-20-26)22-15-18-25-16-10-8-11-17-25/h8-13,16-17,19-20,23-24H,2-7,14-15,18,21-22H2,1H3/q+1. The van der Waals surface area contributed by atoms with Crippen molar-refractivity contribution in [3.05, 3.63) is 78.6 Å². The van der Waals surface area contributed by atoms with Gasteiger partial charge < -0.3 is 0 Å². The van der Waals surface area contributed by atoms with Crippen molar-refractivity contribution in [1.82, 2.24) is 4.57 Å². The SMILES string of the molecule is CCCCCCCCCn1cc[n+](CCCc2ccccc2)c1-c1ccccc1. The van der Waals surface area contributed by atoms with Crippen LogP contribution in [0.4, 0.5) is 0 Å². The van der Waals surface area contributed by atoms with Crippen LogP contribution >= 0.6 is 0 Å². The molecule has 0 saturated heterocycles. The Bertz CT molecular complexity index is 805. The van der Waals surface area contributed by atoms with Crippen LogP contribution in [0.5, 0.6) is 0 Å². The van der Waals surface area contributed by atoms with Crippen LogP contribution < -0.4 is 4.57 Å². The first-order chi connectivity index (χ1) is 14.4. The number of aromatic nitrogens is 2. The maximum Gasteiger partial charge on any atom is 0.288 e. The lowest BCUT2D eigenvalue weighted by Crippen LogP contribution is -2.35. The summed E-state index contributed by atoms with van der Waals surface area (Å²) in [6.45, 7) is 4.46. The summed E-state index contributed by atoms with van der Waals surface area (Å²) < 4.78 is 4.91. The summed E-state index contributed by atoms with van der Waals surface area (Å²) >= 11 is 0. The minimum absolute atomic E-state index is 1.06. The molecule has 0 aliphatic carbocycles. The van der Waals surface area contributed by atoms with Crippen molar-refractivity contribution in [3.8, 4) is 11.4 Å². The van der Waals surface area contributed by atoms with Gasteiger partial charge in [-0.25, -0.2) is 9.13 Å². The van der Waals surface area contributed by atoms with E-state index in [1.165, 1.54) is 61.9 Å². The van der Waals surface area contributed by atoms with Gasteiger partial charge >= 0.3 is 0 Å². The average molecular weight is 390 g/mol. The highest BCUT2D eigenvalue weighted by atomic mass is 15.1. The van der Waals surface area contributed by atoms with Crippen LogP contribution in [0.25, 0.3) is 11.4 Å². The van der Waals surface area contributed by atoms with E-state index in [-0.39, 0.29) is 0 Å². The van der Waals surface area contributed by atoms with Crippen molar-refractivity contribution < 1.29 is 4.57 Å². The average Bonchev–Trinajstić information content (AvgIpc) is 3.17. The molecule has 1 aromatic heterocycles. The van der Waals surface area contributed by atoms with E-state index in [0.717, 1.165) is 25.9 Å². The minimum Gasteiger partial charge on any atom is -0.230 e. The zero-order chi connectivity index (χ0) is 20.2. The summed E-state index contributed by atoms with van der Waals surface area (Å²) in [6, 6.07) is 21.7. The molecule has 0 atom stereocenters. The normalized spacial score (nSPS) is 11.1. The van der Waals surface area contributed by atoms with Crippen LogP contribution in [0, 0.1) is 0 Å². The molecular weight excluding hydrogens is 352 g/mol. The fraction of sp³-hybridized carbons (Fsp3) is 0.444. The van der Waals surface area contributed by atoms with Gasteiger partial charge in [0.2, 0.25) is 0 Å². The van der Waals surface area contributed by atoms with E-state index in [0.29, 0.717) is 0 Å². The molecule has 3 aromatic rings. The molecule has 0 spiro atoms. The fourth-order valence-corrected chi connectivity index (χ4v) is 4.08. The summed E-state index contributed by atoms with van der Waals surface area (Å²) in [7, 11) is 0. The number of aryl methyl sites for hydroxylation is 3. The molecule has 0 radical (unpaired) electrons. The maximum atomic E-state index is 2.46. The van der Waals surface area contributed by atoms with Crippen molar-refractivity contribution in [2.24, 2.45) is 0 Å². The molecule has 0 saturated carbocycles. The van der Waals surface area contributed by atoms with Crippen molar-refractivity contribution in [2.75, 3.05) is 0 Å². The Labute approximate surface area is 177 Å². The molecule has 0 N–H and O–H groups in total. The van der Waals surface area contributed by atoms with Gasteiger partial charge in [0, 0.05) is 0 Å². The van der Waals surface area contributed by atoms with Gasteiger partial charge in [-0.05, 0) is 43.4 Å². The third-order valence-electron chi connectivity index (χ3n) is 5.71. The largest absolute Gasteiger partial charge is 0.288 e. The Hall–Kier alpha value is -2.35. The number of benzene rings is 2. The Morgan fingerprint density at radius 3 is 2.10 bits per heavy atom. The molecule has 3 rings (SSSR count). The predicted octanol–water partition coefficient (Wildman–Crippen LogP) is 6.83. The van der Waals surface area contributed by atoms with Gasteiger partial charge in [0.1, 0.15) is 12.4 Å². The zero-order valence-corrected chi connectivity index (χ0v) is 18.1. The zero-order valence-electron chi connectivity index (χ0n) is 18.1.